The van der Waals surface area contributed by atoms with Gasteiger partial charge >= 0.3 is 0 Å². The summed E-state index contributed by atoms with van der Waals surface area (Å²) in [5.74, 6) is 0.682. The molecule has 0 aliphatic carbocycles. The van der Waals surface area contributed by atoms with Gasteiger partial charge in [-0.05, 0) is 31.0 Å². The van der Waals surface area contributed by atoms with Crippen LogP contribution in [0.25, 0.3) is 0 Å². The number of anilines is 1. The Balaban J connectivity index is 2.13. The molecule has 0 fully saturated rings. The standard InChI is InChI=1S/C19H20N2O/c1-4-21-18-11-15(22-3)8-9-16(18)17(12-20)19(21)14-7-5-6-13(2)10-14/h5-11,17,19H,4H2,1-3H3. The van der Waals surface area contributed by atoms with Gasteiger partial charge in [-0.25, -0.2) is 0 Å². The van der Waals surface area contributed by atoms with Crippen molar-refractivity contribution >= 4 is 5.69 Å². The van der Waals surface area contributed by atoms with Gasteiger partial charge in [-0.1, -0.05) is 35.9 Å². The summed E-state index contributed by atoms with van der Waals surface area (Å²) >= 11 is 0. The summed E-state index contributed by atoms with van der Waals surface area (Å²) in [6.07, 6.45) is 0. The van der Waals surface area contributed by atoms with Crippen molar-refractivity contribution in [2.45, 2.75) is 25.8 Å². The molecule has 0 spiro atoms. The molecule has 0 radical (unpaired) electrons. The summed E-state index contributed by atoms with van der Waals surface area (Å²) in [6, 6.07) is 17.0. The Kier molecular flexibility index (Phi) is 3.77. The van der Waals surface area contributed by atoms with Crippen LogP contribution in [0.4, 0.5) is 5.69 Å². The number of ether oxygens (including phenoxy) is 1. The molecule has 0 amide bonds. The fourth-order valence-electron chi connectivity index (χ4n) is 3.40. The summed E-state index contributed by atoms with van der Waals surface area (Å²) in [6.45, 7) is 5.08. The molecule has 22 heavy (non-hydrogen) atoms. The number of rotatable bonds is 3. The van der Waals surface area contributed by atoms with E-state index in [0.29, 0.717) is 0 Å². The van der Waals surface area contributed by atoms with Crippen LogP contribution >= 0.6 is 0 Å². The fourth-order valence-corrected chi connectivity index (χ4v) is 3.40. The van der Waals surface area contributed by atoms with E-state index in [0.717, 1.165) is 23.5 Å². The van der Waals surface area contributed by atoms with Crippen molar-refractivity contribution in [3.05, 3.63) is 59.2 Å². The van der Waals surface area contributed by atoms with Crippen LogP contribution in [0.15, 0.2) is 42.5 Å². The zero-order valence-corrected chi connectivity index (χ0v) is 13.2. The van der Waals surface area contributed by atoms with Crippen LogP contribution in [-0.2, 0) is 0 Å². The van der Waals surface area contributed by atoms with E-state index in [-0.39, 0.29) is 12.0 Å². The van der Waals surface area contributed by atoms with Crippen molar-refractivity contribution in [3.8, 4) is 11.8 Å². The van der Waals surface area contributed by atoms with Crippen molar-refractivity contribution in [3.63, 3.8) is 0 Å². The first-order valence-electron chi connectivity index (χ1n) is 7.60. The third-order valence-electron chi connectivity index (χ3n) is 4.40. The average Bonchev–Trinajstić information content (AvgIpc) is 2.87. The summed E-state index contributed by atoms with van der Waals surface area (Å²) in [4.78, 5) is 2.31. The number of nitrogens with zero attached hydrogens (tertiary/aromatic N) is 2. The summed E-state index contributed by atoms with van der Waals surface area (Å²) in [7, 11) is 1.67. The maximum atomic E-state index is 9.75. The highest BCUT2D eigenvalue weighted by molar-refractivity contribution is 5.67. The number of fused-ring (bicyclic) bond motifs is 1. The van der Waals surface area contributed by atoms with E-state index >= 15 is 0 Å². The van der Waals surface area contributed by atoms with Gasteiger partial charge < -0.3 is 9.64 Å². The quantitative estimate of drug-likeness (QED) is 0.851. The maximum absolute atomic E-state index is 9.75. The molecule has 3 heteroatoms. The van der Waals surface area contributed by atoms with Gasteiger partial charge in [0.1, 0.15) is 5.75 Å². The van der Waals surface area contributed by atoms with Crippen LogP contribution in [0.2, 0.25) is 0 Å². The SMILES string of the molecule is CCN1c2cc(OC)ccc2C(C#N)C1c1cccc(C)c1. The lowest BCUT2D eigenvalue weighted by molar-refractivity contribution is 0.415. The molecule has 0 N–H and O–H groups in total. The lowest BCUT2D eigenvalue weighted by atomic mass is 9.91. The molecule has 2 unspecified atom stereocenters. The molecule has 0 saturated heterocycles. The number of hydrogen-bond acceptors (Lipinski definition) is 3. The number of hydrogen-bond donors (Lipinski definition) is 0. The monoisotopic (exact) mass is 292 g/mol. The van der Waals surface area contributed by atoms with Crippen molar-refractivity contribution < 1.29 is 4.74 Å². The van der Waals surface area contributed by atoms with Crippen molar-refractivity contribution in [1.82, 2.24) is 0 Å². The molecular formula is C19H20N2O. The van der Waals surface area contributed by atoms with E-state index in [9.17, 15) is 5.26 Å². The average molecular weight is 292 g/mol. The Morgan fingerprint density at radius 2 is 2.05 bits per heavy atom. The smallest absolute Gasteiger partial charge is 0.120 e. The van der Waals surface area contributed by atoms with E-state index in [1.165, 1.54) is 11.1 Å². The normalized spacial score (nSPS) is 19.6. The van der Waals surface area contributed by atoms with E-state index < -0.39 is 0 Å². The third kappa shape index (κ3) is 2.21. The predicted octanol–water partition coefficient (Wildman–Crippen LogP) is 4.19. The Morgan fingerprint density at radius 3 is 2.68 bits per heavy atom. The molecule has 3 rings (SSSR count). The van der Waals surface area contributed by atoms with Gasteiger partial charge in [-0.2, -0.15) is 5.26 Å². The number of methoxy groups -OCH3 is 1. The van der Waals surface area contributed by atoms with E-state index in [4.69, 9.17) is 4.74 Å². The second kappa shape index (κ2) is 5.73. The van der Waals surface area contributed by atoms with E-state index in [2.05, 4.69) is 49.1 Å². The number of benzene rings is 2. The zero-order valence-electron chi connectivity index (χ0n) is 13.2. The Hall–Kier alpha value is -2.47. The Labute approximate surface area is 131 Å². The summed E-state index contributed by atoms with van der Waals surface area (Å²) in [5, 5.41) is 9.75. The van der Waals surface area contributed by atoms with Gasteiger partial charge in [-0.3, -0.25) is 0 Å². The lowest BCUT2D eigenvalue weighted by Gasteiger charge is -2.28. The highest BCUT2D eigenvalue weighted by atomic mass is 16.5. The second-order valence-electron chi connectivity index (χ2n) is 5.68. The van der Waals surface area contributed by atoms with Gasteiger partial charge in [0, 0.05) is 18.3 Å². The van der Waals surface area contributed by atoms with Crippen LogP contribution in [-0.4, -0.2) is 13.7 Å². The van der Waals surface area contributed by atoms with Gasteiger partial charge in [0.2, 0.25) is 0 Å². The molecule has 1 aliphatic heterocycles. The molecule has 3 nitrogen and oxygen atoms in total. The molecular weight excluding hydrogens is 272 g/mol. The minimum atomic E-state index is -0.150. The minimum Gasteiger partial charge on any atom is -0.497 e. The number of likely N-dealkylation sites (N-methyl/N-ethyl adjacent to an activating group) is 1. The van der Waals surface area contributed by atoms with Gasteiger partial charge in [0.25, 0.3) is 0 Å². The van der Waals surface area contributed by atoms with Gasteiger partial charge in [0.05, 0.1) is 25.1 Å². The van der Waals surface area contributed by atoms with Gasteiger partial charge in [-0.15, -0.1) is 0 Å². The first-order valence-corrected chi connectivity index (χ1v) is 7.60. The molecule has 2 aromatic carbocycles. The van der Waals surface area contributed by atoms with Crippen molar-refractivity contribution in [2.75, 3.05) is 18.6 Å². The first kappa shape index (κ1) is 14.5. The Bertz CT molecular complexity index is 732. The van der Waals surface area contributed by atoms with Crippen LogP contribution < -0.4 is 9.64 Å². The second-order valence-corrected chi connectivity index (χ2v) is 5.68. The molecule has 0 aromatic heterocycles. The van der Waals surface area contributed by atoms with Crippen molar-refractivity contribution in [2.24, 2.45) is 0 Å². The number of nitriles is 1. The molecule has 112 valence electrons. The highest BCUT2D eigenvalue weighted by Crippen LogP contribution is 2.49. The van der Waals surface area contributed by atoms with Crippen LogP contribution in [0.3, 0.4) is 0 Å². The van der Waals surface area contributed by atoms with Crippen LogP contribution in [0, 0.1) is 18.3 Å². The van der Waals surface area contributed by atoms with E-state index in [1.807, 2.05) is 18.2 Å². The van der Waals surface area contributed by atoms with Crippen molar-refractivity contribution in [1.29, 1.82) is 5.26 Å². The predicted molar refractivity (Wildman–Crippen MR) is 88.3 cm³/mol. The maximum Gasteiger partial charge on any atom is 0.120 e. The molecule has 2 atom stereocenters. The lowest BCUT2D eigenvalue weighted by Crippen LogP contribution is -2.26. The molecule has 0 saturated carbocycles. The molecule has 1 heterocycles. The Morgan fingerprint density at radius 1 is 1.23 bits per heavy atom. The van der Waals surface area contributed by atoms with E-state index in [1.54, 1.807) is 7.11 Å². The summed E-state index contributed by atoms with van der Waals surface area (Å²) in [5.41, 5.74) is 4.62. The molecule has 2 aromatic rings. The zero-order chi connectivity index (χ0) is 15.7. The summed E-state index contributed by atoms with van der Waals surface area (Å²) < 4.78 is 5.35. The fraction of sp³-hybridized carbons (Fsp3) is 0.316. The van der Waals surface area contributed by atoms with Crippen LogP contribution in [0.1, 0.15) is 35.6 Å². The highest BCUT2D eigenvalue weighted by Gasteiger charge is 2.39. The third-order valence-corrected chi connectivity index (χ3v) is 4.40. The molecule has 0 bridgehead atoms. The number of aryl methyl sites for hydroxylation is 1. The largest absolute Gasteiger partial charge is 0.497 e. The minimum absolute atomic E-state index is 0.0667. The van der Waals surface area contributed by atoms with Crippen LogP contribution in [0.5, 0.6) is 5.75 Å². The first-order chi connectivity index (χ1) is 10.7. The topological polar surface area (TPSA) is 36.3 Å². The molecule has 1 aliphatic rings. The van der Waals surface area contributed by atoms with Gasteiger partial charge in [0.15, 0.2) is 0 Å².